The molecule has 1 aliphatic carbocycles. The lowest BCUT2D eigenvalue weighted by atomic mass is 10.1. The van der Waals surface area contributed by atoms with Crippen LogP contribution in [-0.2, 0) is 10.0 Å². The molecule has 0 atom stereocenters. The lowest BCUT2D eigenvalue weighted by Crippen LogP contribution is -2.30. The number of aryl methyl sites for hydroxylation is 1. The first-order valence-corrected chi connectivity index (χ1v) is 8.42. The van der Waals surface area contributed by atoms with Gasteiger partial charge in [0.05, 0.1) is 4.90 Å². The van der Waals surface area contributed by atoms with E-state index in [1.165, 1.54) is 0 Å². The van der Waals surface area contributed by atoms with Crippen molar-refractivity contribution in [3.8, 4) is 0 Å². The molecule has 0 radical (unpaired) electrons. The molecule has 0 aliphatic heterocycles. The largest absolute Gasteiger partial charge is 0.241 e. The van der Waals surface area contributed by atoms with Gasteiger partial charge < -0.3 is 0 Å². The van der Waals surface area contributed by atoms with Crippen LogP contribution in [0.4, 0.5) is 0 Å². The molecule has 0 aromatic heterocycles. The fourth-order valence-corrected chi connectivity index (χ4v) is 4.33. The second-order valence-electron chi connectivity index (χ2n) is 5.11. The van der Waals surface area contributed by atoms with E-state index in [4.69, 9.17) is 0 Å². The second kappa shape index (κ2) is 4.94. The Hall–Kier alpha value is -0.390. The normalized spacial score (nSPS) is 17.7. The minimum absolute atomic E-state index is 0.213. The lowest BCUT2D eigenvalue weighted by Gasteiger charge is -2.14. The van der Waals surface area contributed by atoms with Crippen molar-refractivity contribution in [2.24, 2.45) is 5.41 Å². The van der Waals surface area contributed by atoms with Crippen molar-refractivity contribution in [2.75, 3.05) is 6.54 Å². The topological polar surface area (TPSA) is 46.2 Å². The number of hydrogen-bond acceptors (Lipinski definition) is 2. The fourth-order valence-electron chi connectivity index (χ4n) is 1.98. The molecule has 1 aromatic carbocycles. The zero-order valence-electron chi connectivity index (χ0n) is 10.7. The van der Waals surface area contributed by atoms with Gasteiger partial charge in [0.15, 0.2) is 0 Å². The molecular formula is C13H18BrNO2S. The molecular weight excluding hydrogens is 314 g/mol. The summed E-state index contributed by atoms with van der Waals surface area (Å²) >= 11 is 3.32. The molecule has 2 rings (SSSR count). The summed E-state index contributed by atoms with van der Waals surface area (Å²) in [5.41, 5.74) is 1.25. The summed E-state index contributed by atoms with van der Waals surface area (Å²) in [7, 11) is -3.41. The van der Waals surface area contributed by atoms with E-state index >= 15 is 0 Å². The van der Waals surface area contributed by atoms with Crippen LogP contribution < -0.4 is 4.72 Å². The third-order valence-electron chi connectivity index (χ3n) is 3.72. The molecule has 0 bridgehead atoms. The minimum Gasteiger partial charge on any atom is -0.211 e. The van der Waals surface area contributed by atoms with E-state index in [1.807, 2.05) is 19.1 Å². The summed E-state index contributed by atoms with van der Waals surface area (Å²) in [4.78, 5) is 0.319. The van der Waals surface area contributed by atoms with Crippen LogP contribution in [0.1, 0.15) is 31.7 Å². The van der Waals surface area contributed by atoms with Crippen LogP contribution >= 0.6 is 15.9 Å². The van der Waals surface area contributed by atoms with Crippen LogP contribution in [-0.4, -0.2) is 15.0 Å². The Morgan fingerprint density at radius 3 is 2.56 bits per heavy atom. The van der Waals surface area contributed by atoms with Gasteiger partial charge in [-0.25, -0.2) is 13.1 Å². The molecule has 1 fully saturated rings. The maximum atomic E-state index is 12.2. The molecule has 0 saturated heterocycles. The van der Waals surface area contributed by atoms with Crippen molar-refractivity contribution in [3.05, 3.63) is 28.2 Å². The highest BCUT2D eigenvalue weighted by Crippen LogP contribution is 2.48. The van der Waals surface area contributed by atoms with E-state index in [0.717, 1.165) is 24.8 Å². The molecule has 0 heterocycles. The fraction of sp³-hybridized carbons (Fsp3) is 0.538. The monoisotopic (exact) mass is 331 g/mol. The maximum Gasteiger partial charge on any atom is 0.241 e. The van der Waals surface area contributed by atoms with Gasteiger partial charge in [0.2, 0.25) is 10.0 Å². The molecule has 1 N–H and O–H groups in total. The van der Waals surface area contributed by atoms with Gasteiger partial charge in [0.1, 0.15) is 0 Å². The third-order valence-corrected chi connectivity index (χ3v) is 6.10. The van der Waals surface area contributed by atoms with Crippen molar-refractivity contribution in [3.63, 3.8) is 0 Å². The molecule has 0 amide bonds. The zero-order chi connectivity index (χ0) is 13.4. The highest BCUT2D eigenvalue weighted by Gasteiger charge is 2.41. The molecule has 3 nitrogen and oxygen atoms in total. The predicted molar refractivity (Wildman–Crippen MR) is 76.0 cm³/mol. The van der Waals surface area contributed by atoms with Crippen molar-refractivity contribution in [1.82, 2.24) is 4.72 Å². The quantitative estimate of drug-likeness (QED) is 0.900. The highest BCUT2D eigenvalue weighted by atomic mass is 79.9. The first-order chi connectivity index (χ1) is 8.38. The molecule has 1 saturated carbocycles. The third kappa shape index (κ3) is 2.95. The Labute approximate surface area is 117 Å². The Balaban J connectivity index is 2.15. The van der Waals surface area contributed by atoms with Gasteiger partial charge in [-0.15, -0.1) is 0 Å². The number of hydrogen-bond donors (Lipinski definition) is 1. The SMILES string of the molecule is CCC1(CNS(=O)(=O)c2ccc(C)cc2Br)CC1. The van der Waals surface area contributed by atoms with Gasteiger partial charge in [-0.3, -0.25) is 0 Å². The van der Waals surface area contributed by atoms with E-state index < -0.39 is 10.0 Å². The summed E-state index contributed by atoms with van der Waals surface area (Å²) < 4.78 is 27.8. The first kappa shape index (κ1) is 14.0. The summed E-state index contributed by atoms with van der Waals surface area (Å²) in [5, 5.41) is 0. The van der Waals surface area contributed by atoms with Gasteiger partial charge in [-0.05, 0) is 65.2 Å². The van der Waals surface area contributed by atoms with E-state index in [1.54, 1.807) is 6.07 Å². The molecule has 18 heavy (non-hydrogen) atoms. The predicted octanol–water partition coefficient (Wildman–Crippen LogP) is 3.23. The van der Waals surface area contributed by atoms with Gasteiger partial charge in [0, 0.05) is 11.0 Å². The molecule has 100 valence electrons. The number of sulfonamides is 1. The summed E-state index contributed by atoms with van der Waals surface area (Å²) in [6.07, 6.45) is 3.28. The number of halogens is 1. The summed E-state index contributed by atoms with van der Waals surface area (Å²) in [6.45, 7) is 4.60. The Morgan fingerprint density at radius 2 is 2.06 bits per heavy atom. The second-order valence-corrected chi connectivity index (χ2v) is 7.70. The van der Waals surface area contributed by atoms with Gasteiger partial charge >= 0.3 is 0 Å². The van der Waals surface area contributed by atoms with E-state index in [-0.39, 0.29) is 5.41 Å². The first-order valence-electron chi connectivity index (χ1n) is 6.14. The lowest BCUT2D eigenvalue weighted by molar-refractivity contribution is 0.475. The van der Waals surface area contributed by atoms with Crippen molar-refractivity contribution < 1.29 is 8.42 Å². The molecule has 1 aliphatic rings. The van der Waals surface area contributed by atoms with Crippen LogP contribution in [0.2, 0.25) is 0 Å². The molecule has 1 aromatic rings. The number of rotatable bonds is 5. The van der Waals surface area contributed by atoms with Crippen LogP contribution in [0.15, 0.2) is 27.6 Å². The van der Waals surface area contributed by atoms with Crippen LogP contribution in [0.5, 0.6) is 0 Å². The zero-order valence-corrected chi connectivity index (χ0v) is 13.1. The molecule has 0 spiro atoms. The average molecular weight is 332 g/mol. The van der Waals surface area contributed by atoms with Crippen LogP contribution in [0.25, 0.3) is 0 Å². The van der Waals surface area contributed by atoms with Crippen LogP contribution in [0, 0.1) is 12.3 Å². The van der Waals surface area contributed by atoms with E-state index in [2.05, 4.69) is 27.6 Å². The van der Waals surface area contributed by atoms with E-state index in [0.29, 0.717) is 15.9 Å². The number of benzene rings is 1. The minimum atomic E-state index is -3.41. The standard InChI is InChI=1S/C13H18BrNO2S/c1-3-13(6-7-13)9-15-18(16,17)12-5-4-10(2)8-11(12)14/h4-5,8,15H,3,6-7,9H2,1-2H3. The van der Waals surface area contributed by atoms with Crippen molar-refractivity contribution in [2.45, 2.75) is 38.0 Å². The Kier molecular flexibility index (Phi) is 3.85. The van der Waals surface area contributed by atoms with Gasteiger partial charge in [-0.2, -0.15) is 0 Å². The van der Waals surface area contributed by atoms with Crippen molar-refractivity contribution >= 4 is 26.0 Å². The van der Waals surface area contributed by atoms with Crippen LogP contribution in [0.3, 0.4) is 0 Å². The van der Waals surface area contributed by atoms with Gasteiger partial charge in [-0.1, -0.05) is 13.0 Å². The van der Waals surface area contributed by atoms with Crippen molar-refractivity contribution in [1.29, 1.82) is 0 Å². The maximum absolute atomic E-state index is 12.2. The molecule has 0 unspecified atom stereocenters. The van der Waals surface area contributed by atoms with Gasteiger partial charge in [0.25, 0.3) is 0 Å². The highest BCUT2D eigenvalue weighted by molar-refractivity contribution is 9.10. The summed E-state index contributed by atoms with van der Waals surface area (Å²) in [5.74, 6) is 0. The average Bonchev–Trinajstić information content (AvgIpc) is 3.07. The smallest absolute Gasteiger partial charge is 0.211 e. The molecule has 5 heteroatoms. The summed E-state index contributed by atoms with van der Waals surface area (Å²) in [6, 6.07) is 5.28. The Bertz CT molecular complexity index is 550. The number of nitrogens with one attached hydrogen (secondary N) is 1. The Morgan fingerprint density at radius 1 is 1.39 bits per heavy atom. The van der Waals surface area contributed by atoms with E-state index in [9.17, 15) is 8.42 Å².